The van der Waals surface area contributed by atoms with E-state index in [9.17, 15) is 0 Å². The largest absolute Gasteiger partial charge is 0.344 e. The zero-order valence-corrected chi connectivity index (χ0v) is 12.9. The van der Waals surface area contributed by atoms with Crippen LogP contribution in [0.25, 0.3) is 33.2 Å². The molecule has 0 aliphatic carbocycles. The molecular weight excluding hydrogens is 272 g/mol. The highest BCUT2D eigenvalue weighted by Gasteiger charge is 2.16. The van der Waals surface area contributed by atoms with Gasteiger partial charge in [-0.05, 0) is 30.7 Å². The lowest BCUT2D eigenvalue weighted by atomic mass is 10.0. The average Bonchev–Trinajstić information content (AvgIpc) is 2.80. The molecule has 2 heterocycles. The van der Waals surface area contributed by atoms with Gasteiger partial charge in [0, 0.05) is 28.9 Å². The van der Waals surface area contributed by atoms with Crippen molar-refractivity contribution < 1.29 is 4.57 Å². The van der Waals surface area contributed by atoms with Gasteiger partial charge >= 0.3 is 0 Å². The third kappa shape index (κ3) is 1.73. The summed E-state index contributed by atoms with van der Waals surface area (Å²) in [5.74, 6) is 0.930. The molecule has 0 unspecified atom stereocenters. The summed E-state index contributed by atoms with van der Waals surface area (Å²) in [4.78, 5) is 8.50. The number of para-hydroxylation sites is 1. The van der Waals surface area contributed by atoms with Crippen LogP contribution in [0.2, 0.25) is 0 Å². The molecule has 0 amide bonds. The quantitative estimate of drug-likeness (QED) is 0.505. The van der Waals surface area contributed by atoms with Crippen LogP contribution in [-0.4, -0.2) is 14.5 Å². The molecule has 0 saturated carbocycles. The van der Waals surface area contributed by atoms with E-state index in [0.29, 0.717) is 0 Å². The first-order valence-corrected chi connectivity index (χ1v) is 7.30. The molecule has 0 aliphatic rings. The first-order chi connectivity index (χ1) is 10.7. The summed E-state index contributed by atoms with van der Waals surface area (Å²) in [5, 5.41) is 2.58. The number of benzene rings is 2. The van der Waals surface area contributed by atoms with E-state index in [0.717, 1.165) is 11.4 Å². The number of rotatable bonds is 1. The number of aromatic nitrogens is 4. The monoisotopic (exact) mass is 289 g/mol. The van der Waals surface area contributed by atoms with Gasteiger partial charge in [-0.2, -0.15) is 0 Å². The molecule has 0 saturated heterocycles. The summed E-state index contributed by atoms with van der Waals surface area (Å²) in [6, 6.07) is 13.0. The third-order valence-electron chi connectivity index (χ3n) is 4.32. The summed E-state index contributed by atoms with van der Waals surface area (Å²) in [6.45, 7) is 2.14. The van der Waals surface area contributed by atoms with E-state index in [4.69, 9.17) is 0 Å². The van der Waals surface area contributed by atoms with Crippen LogP contribution in [0.5, 0.6) is 0 Å². The van der Waals surface area contributed by atoms with Gasteiger partial charge in [-0.25, -0.2) is 4.57 Å². The molecule has 0 N–H and O–H groups in total. The summed E-state index contributed by atoms with van der Waals surface area (Å²) in [6.07, 6.45) is 3.38. The minimum atomic E-state index is 0.930. The second kappa shape index (κ2) is 4.63. The van der Waals surface area contributed by atoms with Gasteiger partial charge in [0.1, 0.15) is 0 Å². The Balaban J connectivity index is 2.11. The van der Waals surface area contributed by atoms with E-state index >= 15 is 0 Å². The second-order valence-corrected chi connectivity index (χ2v) is 5.70. The SMILES string of the molecule is Cc1cc2c3ccccc3n(C)c2cc1-c1ncnc[n+]1C. The van der Waals surface area contributed by atoms with Crippen molar-refractivity contribution in [3.8, 4) is 11.4 Å². The van der Waals surface area contributed by atoms with Gasteiger partial charge in [-0.15, -0.1) is 0 Å². The van der Waals surface area contributed by atoms with E-state index in [2.05, 4.69) is 64.9 Å². The Bertz CT molecular complexity index is 1010. The second-order valence-electron chi connectivity index (χ2n) is 5.70. The molecule has 0 spiro atoms. The Labute approximate surface area is 128 Å². The van der Waals surface area contributed by atoms with Gasteiger partial charge in [0.2, 0.25) is 6.33 Å². The van der Waals surface area contributed by atoms with Crippen LogP contribution in [0.4, 0.5) is 0 Å². The van der Waals surface area contributed by atoms with Crippen LogP contribution < -0.4 is 4.57 Å². The van der Waals surface area contributed by atoms with Crippen molar-refractivity contribution in [2.45, 2.75) is 6.92 Å². The standard InChI is InChI=1S/C18H17N4/c1-12-8-15-13-6-4-5-7-16(13)22(3)17(15)9-14(12)18-20-10-19-11-21(18)2/h4-11H,1-3H3/q+1. The van der Waals surface area contributed by atoms with Crippen molar-refractivity contribution in [2.75, 3.05) is 0 Å². The number of fused-ring (bicyclic) bond motifs is 3. The van der Waals surface area contributed by atoms with Crippen molar-refractivity contribution >= 4 is 21.8 Å². The molecule has 108 valence electrons. The van der Waals surface area contributed by atoms with Crippen molar-refractivity contribution in [2.24, 2.45) is 14.1 Å². The van der Waals surface area contributed by atoms with Gasteiger partial charge in [0.25, 0.3) is 12.2 Å². The van der Waals surface area contributed by atoms with Crippen molar-refractivity contribution in [1.29, 1.82) is 0 Å². The normalized spacial score (nSPS) is 11.4. The Kier molecular flexibility index (Phi) is 2.73. The highest BCUT2D eigenvalue weighted by molar-refractivity contribution is 6.09. The minimum Gasteiger partial charge on any atom is -0.344 e. The summed E-state index contributed by atoms with van der Waals surface area (Å²) in [5.41, 5.74) is 4.84. The van der Waals surface area contributed by atoms with Gasteiger partial charge in [0.05, 0.1) is 12.6 Å². The Morgan fingerprint density at radius 3 is 2.68 bits per heavy atom. The van der Waals surface area contributed by atoms with Crippen LogP contribution in [0, 0.1) is 6.92 Å². The lowest BCUT2D eigenvalue weighted by molar-refractivity contribution is -0.666. The first-order valence-electron chi connectivity index (χ1n) is 7.30. The third-order valence-corrected chi connectivity index (χ3v) is 4.32. The summed E-state index contributed by atoms with van der Waals surface area (Å²) < 4.78 is 4.20. The molecule has 0 aliphatic heterocycles. The minimum absolute atomic E-state index is 0.930. The van der Waals surface area contributed by atoms with Gasteiger partial charge < -0.3 is 4.57 Å². The topological polar surface area (TPSA) is 34.6 Å². The number of hydrogen-bond acceptors (Lipinski definition) is 2. The Morgan fingerprint density at radius 2 is 1.86 bits per heavy atom. The average molecular weight is 289 g/mol. The van der Waals surface area contributed by atoms with Crippen molar-refractivity contribution in [1.82, 2.24) is 14.5 Å². The Morgan fingerprint density at radius 1 is 1.05 bits per heavy atom. The van der Waals surface area contributed by atoms with Crippen LogP contribution >= 0.6 is 0 Å². The van der Waals surface area contributed by atoms with E-state index in [1.807, 2.05) is 11.6 Å². The lowest BCUT2D eigenvalue weighted by Crippen LogP contribution is -2.32. The predicted octanol–water partition coefficient (Wildman–Crippen LogP) is 2.92. The van der Waals surface area contributed by atoms with Crippen molar-refractivity contribution in [3.63, 3.8) is 0 Å². The molecule has 4 aromatic rings. The van der Waals surface area contributed by atoms with Gasteiger partial charge in [0.15, 0.2) is 0 Å². The van der Waals surface area contributed by atoms with Crippen LogP contribution in [0.15, 0.2) is 49.1 Å². The highest BCUT2D eigenvalue weighted by Crippen LogP contribution is 2.32. The number of nitrogens with zero attached hydrogens (tertiary/aromatic N) is 4. The Hall–Kier alpha value is -2.75. The van der Waals surface area contributed by atoms with E-state index in [1.165, 1.54) is 27.4 Å². The van der Waals surface area contributed by atoms with Crippen LogP contribution in [0.3, 0.4) is 0 Å². The molecule has 2 aromatic heterocycles. The van der Waals surface area contributed by atoms with E-state index in [-0.39, 0.29) is 0 Å². The summed E-state index contributed by atoms with van der Waals surface area (Å²) in [7, 11) is 4.09. The molecule has 0 radical (unpaired) electrons. The smallest absolute Gasteiger partial charge is 0.273 e. The van der Waals surface area contributed by atoms with Gasteiger partial charge in [-0.3, -0.25) is 0 Å². The molecule has 4 rings (SSSR count). The molecular formula is C18H17N4+. The summed E-state index contributed by atoms with van der Waals surface area (Å²) >= 11 is 0. The van der Waals surface area contributed by atoms with Crippen LogP contribution in [0.1, 0.15) is 5.56 Å². The van der Waals surface area contributed by atoms with E-state index < -0.39 is 0 Å². The number of aryl methyl sites for hydroxylation is 3. The fraction of sp³-hybridized carbons (Fsp3) is 0.167. The first kappa shape index (κ1) is 13.0. The molecule has 0 bridgehead atoms. The maximum Gasteiger partial charge on any atom is 0.273 e. The maximum atomic E-state index is 4.44. The molecule has 4 heteroatoms. The zero-order valence-electron chi connectivity index (χ0n) is 12.9. The fourth-order valence-electron chi connectivity index (χ4n) is 3.18. The molecule has 2 aromatic carbocycles. The van der Waals surface area contributed by atoms with Gasteiger partial charge in [-0.1, -0.05) is 28.2 Å². The van der Waals surface area contributed by atoms with Crippen LogP contribution in [-0.2, 0) is 14.1 Å². The zero-order chi connectivity index (χ0) is 15.3. The highest BCUT2D eigenvalue weighted by atomic mass is 15.1. The predicted molar refractivity (Wildman–Crippen MR) is 87.4 cm³/mol. The van der Waals surface area contributed by atoms with E-state index in [1.54, 1.807) is 12.7 Å². The lowest BCUT2D eigenvalue weighted by Gasteiger charge is -2.06. The fourth-order valence-corrected chi connectivity index (χ4v) is 3.18. The maximum absolute atomic E-state index is 4.44. The molecule has 4 nitrogen and oxygen atoms in total. The van der Waals surface area contributed by atoms with Crippen molar-refractivity contribution in [3.05, 3.63) is 54.6 Å². The molecule has 0 fully saturated rings. The molecule has 22 heavy (non-hydrogen) atoms. The number of hydrogen-bond donors (Lipinski definition) is 0. The molecule has 0 atom stereocenters.